The Morgan fingerprint density at radius 3 is 2.19 bits per heavy atom. The lowest BCUT2D eigenvalue weighted by Gasteiger charge is -2.38. The number of Topliss-reactive ketones (excluding diaryl/α,β-unsaturated/α-hetero) is 1. The lowest BCUT2D eigenvalue weighted by atomic mass is 9.78. The number of phenols is 3. The molecule has 0 saturated carbocycles. The molecule has 0 fully saturated rings. The highest BCUT2D eigenvalue weighted by molar-refractivity contribution is 6.24. The third-order valence-electron chi connectivity index (χ3n) is 11.6. The molecule has 0 aromatic heterocycles. The minimum Gasteiger partial charge on any atom is -0.507 e. The van der Waals surface area contributed by atoms with Gasteiger partial charge in [-0.2, -0.15) is 5.10 Å². The minimum atomic E-state index is -2.11. The number of allylic oxidation sites excluding steroid dienone is 2. The zero-order valence-electron chi connectivity index (χ0n) is 35.8. The molecule has 0 spiro atoms. The van der Waals surface area contributed by atoms with Gasteiger partial charge in [-0.25, -0.2) is 4.79 Å². The van der Waals surface area contributed by atoms with Crippen LogP contribution in [0.3, 0.4) is 0 Å². The lowest BCUT2D eigenvalue weighted by molar-refractivity contribution is -0.160. The number of benzene rings is 3. The molecule has 0 unspecified atom stereocenters. The van der Waals surface area contributed by atoms with E-state index in [1.54, 1.807) is 33.8 Å². The average Bonchev–Trinajstić information content (AvgIpc) is 3.50. The van der Waals surface area contributed by atoms with Gasteiger partial charge in [-0.3, -0.25) is 19.8 Å². The van der Waals surface area contributed by atoms with Crippen LogP contribution in [-0.2, 0) is 23.8 Å². The van der Waals surface area contributed by atoms with Gasteiger partial charge in [0.25, 0.3) is 11.7 Å². The Balaban J connectivity index is 1.70. The van der Waals surface area contributed by atoms with Gasteiger partial charge in [0.05, 0.1) is 64.2 Å². The van der Waals surface area contributed by atoms with Crippen LogP contribution in [0, 0.1) is 30.6 Å². The fourth-order valence-corrected chi connectivity index (χ4v) is 7.73. The molecule has 5 bridgehead atoms. The van der Waals surface area contributed by atoms with Gasteiger partial charge in [-0.15, -0.1) is 0 Å². The number of amides is 1. The van der Waals surface area contributed by atoms with Crippen LogP contribution in [0.5, 0.6) is 23.0 Å². The number of aromatic hydroxyl groups is 3. The van der Waals surface area contributed by atoms with Crippen LogP contribution in [0.25, 0.3) is 10.8 Å². The van der Waals surface area contributed by atoms with Gasteiger partial charge < -0.3 is 54.9 Å². The van der Waals surface area contributed by atoms with E-state index in [-0.39, 0.29) is 39.0 Å². The standard InChI is InChI=1S/C45H53N3O14/c1-20-11-10-12-21(2)43(56)47-34-29(19-46-48-28-15-13-27(14-16-28)44(57)58)38(53)31-32(39(34)54)37(52)25(6)41-33(31)42(55)45(8,62-41)60-18-17-30(59-9)22(3)40(61-26(7)49)24(5)36(51)23(4)35(20)50/h10-20,22-24,30,35-36,40,48,50-54H,1-9H3,(H,47,56)(H,57,58)/b11-10+,18-17+,21-12+,46-19+/t20-,22+,23+,24+,30-,35-,36+,40+,45-/m0/s1. The normalized spacial score (nSPS) is 29.0. The molecule has 17 nitrogen and oxygen atoms in total. The summed E-state index contributed by atoms with van der Waals surface area (Å²) in [6.07, 6.45) is 4.25. The number of anilines is 2. The summed E-state index contributed by atoms with van der Waals surface area (Å²) < 4.78 is 23.5. The van der Waals surface area contributed by atoms with Crippen molar-refractivity contribution in [3.05, 3.63) is 82.7 Å². The van der Waals surface area contributed by atoms with Crippen molar-refractivity contribution in [2.75, 3.05) is 17.9 Å². The number of carbonyl (C=O) groups excluding carboxylic acids is 3. The lowest BCUT2D eigenvalue weighted by Crippen LogP contribution is -2.46. The number of hydrogen-bond acceptors (Lipinski definition) is 15. The van der Waals surface area contributed by atoms with Gasteiger partial charge >= 0.3 is 17.7 Å². The molecule has 17 heteroatoms. The highest BCUT2D eigenvalue weighted by Crippen LogP contribution is 2.55. The molecular weight excluding hydrogens is 807 g/mol. The Hall–Kier alpha value is -6.43. The van der Waals surface area contributed by atoms with Crippen molar-refractivity contribution >= 4 is 52.0 Å². The summed E-state index contributed by atoms with van der Waals surface area (Å²) in [6, 6.07) is 5.54. The summed E-state index contributed by atoms with van der Waals surface area (Å²) in [5, 5.41) is 73.6. The van der Waals surface area contributed by atoms with Crippen molar-refractivity contribution in [1.82, 2.24) is 0 Å². The fraction of sp³-hybridized carbons (Fsp3) is 0.400. The largest absolute Gasteiger partial charge is 0.507 e. The van der Waals surface area contributed by atoms with E-state index < -0.39 is 106 Å². The summed E-state index contributed by atoms with van der Waals surface area (Å²) in [4.78, 5) is 51.8. The van der Waals surface area contributed by atoms with E-state index in [1.165, 1.54) is 77.3 Å². The van der Waals surface area contributed by atoms with Crippen molar-refractivity contribution in [3.8, 4) is 23.0 Å². The number of aromatic carboxylic acids is 1. The van der Waals surface area contributed by atoms with Gasteiger partial charge in [0, 0.05) is 61.2 Å². The smallest absolute Gasteiger partial charge is 0.335 e. The average molecular weight is 860 g/mol. The molecule has 332 valence electrons. The van der Waals surface area contributed by atoms with Crippen LogP contribution in [0.15, 0.2) is 65.5 Å². The predicted octanol–water partition coefficient (Wildman–Crippen LogP) is 5.90. The maximum Gasteiger partial charge on any atom is 0.335 e. The SMILES string of the molecule is CO[C@H]1/C=C/O[C@@]2(C)Oc3c(C)c(O)c4c(O)c(c(/C=N/Nc5ccc(C(=O)O)cc5)c(O)c4c3C2=O)NC(=O)/C(C)=C/C=C/[C@H](C)[C@H](O)[C@@H](C)[C@@H](O)[C@@H](C)[C@H](OC(C)=O)[C@@H]1C. The number of nitrogens with zero attached hydrogens (tertiary/aromatic N) is 1. The first-order chi connectivity index (χ1) is 29.1. The molecule has 0 radical (unpaired) electrons. The number of aliphatic hydroxyl groups is 2. The molecule has 1 amide bonds. The topological polar surface area (TPSA) is 263 Å². The quantitative estimate of drug-likeness (QED) is 0.0472. The first-order valence-electron chi connectivity index (χ1n) is 19.8. The number of esters is 1. The van der Waals surface area contributed by atoms with Crippen molar-refractivity contribution in [1.29, 1.82) is 0 Å². The number of carboxylic acids is 1. The number of rotatable bonds is 6. The van der Waals surface area contributed by atoms with Crippen molar-refractivity contribution in [2.45, 2.75) is 85.6 Å². The molecule has 9 atom stereocenters. The van der Waals surface area contributed by atoms with E-state index >= 15 is 0 Å². The second-order valence-electron chi connectivity index (χ2n) is 15.9. The Kier molecular flexibility index (Phi) is 14.0. The van der Waals surface area contributed by atoms with Crippen LogP contribution in [0.1, 0.15) is 80.3 Å². The zero-order chi connectivity index (χ0) is 46.0. The van der Waals surface area contributed by atoms with Gasteiger partial charge in [0.1, 0.15) is 23.4 Å². The highest BCUT2D eigenvalue weighted by Gasteiger charge is 2.50. The third kappa shape index (κ3) is 9.10. The number of phenolic OH excluding ortho intramolecular Hbond substituents is 3. The number of carboxylic acid groups (broad SMARTS) is 1. The monoisotopic (exact) mass is 859 g/mol. The molecule has 3 aliphatic rings. The first-order valence-corrected chi connectivity index (χ1v) is 19.8. The maximum absolute atomic E-state index is 14.4. The van der Waals surface area contributed by atoms with E-state index in [0.29, 0.717) is 5.69 Å². The summed E-state index contributed by atoms with van der Waals surface area (Å²) in [5.74, 6) is -10.2. The number of fused-ring (bicyclic) bond motifs is 14. The molecule has 3 heterocycles. The molecule has 8 N–H and O–H groups in total. The van der Waals surface area contributed by atoms with E-state index in [4.69, 9.17) is 18.9 Å². The Morgan fingerprint density at radius 1 is 0.919 bits per heavy atom. The van der Waals surface area contributed by atoms with Crippen LogP contribution in [0.4, 0.5) is 11.4 Å². The van der Waals surface area contributed by atoms with Gasteiger partial charge in [0.15, 0.2) is 5.75 Å². The second-order valence-corrected chi connectivity index (χ2v) is 15.9. The van der Waals surface area contributed by atoms with Crippen LogP contribution in [-0.4, -0.2) is 97.8 Å². The Bertz CT molecular complexity index is 2370. The van der Waals surface area contributed by atoms with Gasteiger partial charge in [0.2, 0.25) is 0 Å². The number of methoxy groups -OCH3 is 1. The van der Waals surface area contributed by atoms with E-state index in [0.717, 1.165) is 12.5 Å². The third-order valence-corrected chi connectivity index (χ3v) is 11.6. The predicted molar refractivity (Wildman–Crippen MR) is 228 cm³/mol. The van der Waals surface area contributed by atoms with Crippen molar-refractivity contribution in [2.24, 2.45) is 28.8 Å². The summed E-state index contributed by atoms with van der Waals surface area (Å²) in [6.45, 7) is 12.2. The Morgan fingerprint density at radius 2 is 1.58 bits per heavy atom. The number of hydrazone groups is 1. The summed E-state index contributed by atoms with van der Waals surface area (Å²) in [5.41, 5.74) is 2.17. The highest BCUT2D eigenvalue weighted by atomic mass is 16.7. The first kappa shape index (κ1) is 46.6. The van der Waals surface area contributed by atoms with Crippen LogP contribution < -0.4 is 15.5 Å². The number of hydrogen-bond donors (Lipinski definition) is 8. The molecule has 3 aromatic carbocycles. The summed E-state index contributed by atoms with van der Waals surface area (Å²) in [7, 11) is 1.41. The summed E-state index contributed by atoms with van der Waals surface area (Å²) >= 11 is 0. The van der Waals surface area contributed by atoms with Crippen LogP contribution in [0.2, 0.25) is 0 Å². The van der Waals surface area contributed by atoms with E-state index in [9.17, 15) is 49.8 Å². The Labute approximate surface area is 358 Å². The molecule has 0 aliphatic carbocycles. The van der Waals surface area contributed by atoms with E-state index in [1.807, 2.05) is 0 Å². The molecular formula is C45H53N3O14. The number of nitrogens with one attached hydrogen (secondary N) is 2. The van der Waals surface area contributed by atoms with Crippen molar-refractivity contribution < 1.29 is 68.8 Å². The molecule has 0 saturated heterocycles. The minimum absolute atomic E-state index is 0.00514. The fourth-order valence-electron chi connectivity index (χ4n) is 7.73. The zero-order valence-corrected chi connectivity index (χ0v) is 35.8. The van der Waals surface area contributed by atoms with Gasteiger partial charge in [-0.05, 0) is 44.2 Å². The molecule has 3 aromatic rings. The van der Waals surface area contributed by atoms with Gasteiger partial charge in [-0.1, -0.05) is 45.9 Å². The van der Waals surface area contributed by atoms with Crippen LogP contribution >= 0.6 is 0 Å². The van der Waals surface area contributed by atoms with Crippen molar-refractivity contribution in [3.63, 3.8) is 0 Å². The van der Waals surface area contributed by atoms with E-state index in [2.05, 4.69) is 15.8 Å². The molecule has 62 heavy (non-hydrogen) atoms. The molecule has 6 rings (SSSR count). The number of ether oxygens (including phenoxy) is 4. The number of aliphatic hydroxyl groups excluding tert-OH is 2. The molecule has 3 aliphatic heterocycles. The number of ketones is 1. The second kappa shape index (κ2) is 18.7. The maximum atomic E-state index is 14.4. The number of carbonyl (C=O) groups is 4.